The maximum Gasteiger partial charge on any atom is 0.184 e. The van der Waals surface area contributed by atoms with E-state index in [2.05, 4.69) is 58.9 Å². The van der Waals surface area contributed by atoms with Gasteiger partial charge in [-0.05, 0) is 65.8 Å². The summed E-state index contributed by atoms with van der Waals surface area (Å²) in [5, 5.41) is 10.5. The summed E-state index contributed by atoms with van der Waals surface area (Å²) in [7, 11) is -5.48. The molecule has 0 bridgehead atoms. The molecular formula is C15H36O5Si3. The van der Waals surface area contributed by atoms with Gasteiger partial charge in [-0.2, -0.15) is 0 Å². The first-order chi connectivity index (χ1) is 10.1. The second-order valence-corrected chi connectivity index (χ2v) is 22.7. The van der Waals surface area contributed by atoms with Crippen LogP contribution < -0.4 is 0 Å². The fourth-order valence-corrected chi connectivity index (χ4v) is 5.93. The van der Waals surface area contributed by atoms with E-state index in [-0.39, 0.29) is 18.3 Å². The van der Waals surface area contributed by atoms with E-state index in [1.807, 2.05) is 6.92 Å². The largest absolute Gasteiger partial charge is 0.409 e. The topological polar surface area (TPSA) is 57.2 Å². The van der Waals surface area contributed by atoms with Crippen LogP contribution in [0.15, 0.2) is 0 Å². The van der Waals surface area contributed by atoms with Crippen LogP contribution in [-0.2, 0) is 18.0 Å². The van der Waals surface area contributed by atoms with E-state index < -0.39 is 37.3 Å². The highest BCUT2D eigenvalue weighted by molar-refractivity contribution is 6.70. The van der Waals surface area contributed by atoms with Crippen molar-refractivity contribution in [2.75, 3.05) is 0 Å². The predicted octanol–water partition coefficient (Wildman–Crippen LogP) is 3.38. The first kappa shape index (κ1) is 21.5. The van der Waals surface area contributed by atoms with Gasteiger partial charge in [0.1, 0.15) is 12.2 Å². The van der Waals surface area contributed by atoms with Gasteiger partial charge in [-0.1, -0.05) is 0 Å². The Balaban J connectivity index is 3.13. The Labute approximate surface area is 145 Å². The van der Waals surface area contributed by atoms with E-state index in [0.29, 0.717) is 0 Å². The number of hydrogen-bond donors (Lipinski definition) is 1. The van der Waals surface area contributed by atoms with E-state index in [0.717, 1.165) is 0 Å². The van der Waals surface area contributed by atoms with Crippen LogP contribution in [0.1, 0.15) is 6.92 Å². The maximum atomic E-state index is 10.5. The van der Waals surface area contributed by atoms with E-state index in [4.69, 9.17) is 18.0 Å². The molecule has 1 heterocycles. The van der Waals surface area contributed by atoms with Gasteiger partial charge in [0.25, 0.3) is 0 Å². The molecule has 0 radical (unpaired) electrons. The van der Waals surface area contributed by atoms with Crippen molar-refractivity contribution >= 4 is 25.0 Å². The molecule has 0 saturated carbocycles. The Morgan fingerprint density at radius 2 is 1.00 bits per heavy atom. The first-order valence-corrected chi connectivity index (χ1v) is 18.7. The average molecular weight is 381 g/mol. The molecular weight excluding hydrogens is 344 g/mol. The lowest BCUT2D eigenvalue weighted by atomic mass is 10.0. The van der Waals surface area contributed by atoms with Gasteiger partial charge in [-0.15, -0.1) is 0 Å². The quantitative estimate of drug-likeness (QED) is 0.716. The van der Waals surface area contributed by atoms with Gasteiger partial charge in [-0.3, -0.25) is 0 Å². The average Bonchev–Trinajstić information content (AvgIpc) is 2.25. The Morgan fingerprint density at radius 1 is 0.652 bits per heavy atom. The van der Waals surface area contributed by atoms with Crippen LogP contribution in [0.5, 0.6) is 0 Å². The summed E-state index contributed by atoms with van der Waals surface area (Å²) in [6.45, 7) is 21.2. The molecule has 5 atom stereocenters. The number of aliphatic hydroxyl groups excluding tert-OH is 1. The van der Waals surface area contributed by atoms with Crippen molar-refractivity contribution in [2.24, 2.45) is 0 Å². The standard InChI is InChI=1S/C15H36O5Si3/c1-11-12(18-21(2,3)4)13(19-22(5,6)7)14(15(16)17-11)20-23(8,9)10/h11-16H,1-10H3/t11-,12-,13+,14+,15?/m0/s1. The molecule has 1 aliphatic rings. The molecule has 8 heteroatoms. The van der Waals surface area contributed by atoms with Crippen molar-refractivity contribution in [2.45, 2.75) is 96.6 Å². The highest BCUT2D eigenvalue weighted by atomic mass is 28.4. The highest BCUT2D eigenvalue weighted by Gasteiger charge is 2.49. The zero-order chi connectivity index (χ0) is 18.2. The maximum absolute atomic E-state index is 10.5. The molecule has 0 amide bonds. The van der Waals surface area contributed by atoms with Crippen molar-refractivity contribution in [1.29, 1.82) is 0 Å². The van der Waals surface area contributed by atoms with Gasteiger partial charge in [0.2, 0.25) is 0 Å². The van der Waals surface area contributed by atoms with E-state index in [9.17, 15) is 5.11 Å². The molecule has 1 N–H and O–H groups in total. The Bertz CT molecular complexity index is 358. The highest BCUT2D eigenvalue weighted by Crippen LogP contribution is 2.32. The molecule has 0 aromatic rings. The molecule has 1 unspecified atom stereocenters. The molecule has 1 aliphatic heterocycles. The van der Waals surface area contributed by atoms with Gasteiger partial charge < -0.3 is 23.1 Å². The molecule has 1 saturated heterocycles. The lowest BCUT2D eigenvalue weighted by Crippen LogP contribution is -2.64. The Hall–Kier alpha value is 0.451. The van der Waals surface area contributed by atoms with Crippen LogP contribution >= 0.6 is 0 Å². The zero-order valence-electron chi connectivity index (χ0n) is 16.5. The lowest BCUT2D eigenvalue weighted by Gasteiger charge is -2.48. The van der Waals surface area contributed by atoms with Gasteiger partial charge in [0.05, 0.1) is 12.2 Å². The Morgan fingerprint density at radius 3 is 1.39 bits per heavy atom. The molecule has 0 aromatic carbocycles. The van der Waals surface area contributed by atoms with Crippen LogP contribution in [0.4, 0.5) is 0 Å². The molecule has 138 valence electrons. The smallest absolute Gasteiger partial charge is 0.184 e. The molecule has 1 fully saturated rings. The summed E-state index contributed by atoms with van der Waals surface area (Å²) in [5.74, 6) is 0. The molecule has 0 spiro atoms. The van der Waals surface area contributed by atoms with Crippen LogP contribution in [0.25, 0.3) is 0 Å². The minimum absolute atomic E-state index is 0.210. The summed E-state index contributed by atoms with van der Waals surface area (Å²) >= 11 is 0. The summed E-state index contributed by atoms with van der Waals surface area (Å²) in [4.78, 5) is 0. The minimum Gasteiger partial charge on any atom is -0.409 e. The molecule has 0 aromatic heterocycles. The van der Waals surface area contributed by atoms with E-state index in [1.165, 1.54) is 0 Å². The fraction of sp³-hybridized carbons (Fsp3) is 1.00. The normalized spacial score (nSPS) is 33.8. The number of ether oxygens (including phenoxy) is 1. The van der Waals surface area contributed by atoms with Crippen LogP contribution in [0.3, 0.4) is 0 Å². The fourth-order valence-electron chi connectivity index (χ4n) is 2.64. The summed E-state index contributed by atoms with van der Waals surface area (Å²) in [6.07, 6.45) is -2.19. The van der Waals surface area contributed by atoms with Crippen molar-refractivity contribution in [3.8, 4) is 0 Å². The van der Waals surface area contributed by atoms with Crippen molar-refractivity contribution in [3.05, 3.63) is 0 Å². The van der Waals surface area contributed by atoms with Gasteiger partial charge >= 0.3 is 0 Å². The van der Waals surface area contributed by atoms with Gasteiger partial charge in [0.15, 0.2) is 31.2 Å². The predicted molar refractivity (Wildman–Crippen MR) is 101 cm³/mol. The molecule has 23 heavy (non-hydrogen) atoms. The van der Waals surface area contributed by atoms with Crippen LogP contribution in [0.2, 0.25) is 58.9 Å². The van der Waals surface area contributed by atoms with E-state index >= 15 is 0 Å². The van der Waals surface area contributed by atoms with Gasteiger partial charge in [0, 0.05) is 0 Å². The van der Waals surface area contributed by atoms with Crippen molar-refractivity contribution < 1.29 is 23.1 Å². The summed E-state index contributed by atoms with van der Waals surface area (Å²) in [5.41, 5.74) is 0. The number of hydrogen-bond acceptors (Lipinski definition) is 5. The van der Waals surface area contributed by atoms with Gasteiger partial charge in [-0.25, -0.2) is 0 Å². The zero-order valence-corrected chi connectivity index (χ0v) is 19.5. The SMILES string of the molecule is C[C@@H]1OC(O)[C@H](O[Si](C)(C)C)[C@H](O[Si](C)(C)C)[C@H]1O[Si](C)(C)C. The van der Waals surface area contributed by atoms with Crippen LogP contribution in [-0.4, -0.2) is 60.8 Å². The third-order valence-electron chi connectivity index (χ3n) is 3.21. The lowest BCUT2D eigenvalue weighted by molar-refractivity contribution is -0.266. The summed E-state index contributed by atoms with van der Waals surface area (Å²) in [6, 6.07) is 0. The minimum atomic E-state index is -1.86. The number of rotatable bonds is 6. The third-order valence-corrected chi connectivity index (χ3v) is 6.15. The van der Waals surface area contributed by atoms with Crippen molar-refractivity contribution in [1.82, 2.24) is 0 Å². The second-order valence-electron chi connectivity index (χ2n) is 9.32. The van der Waals surface area contributed by atoms with Crippen molar-refractivity contribution in [3.63, 3.8) is 0 Å². The first-order valence-electron chi connectivity index (χ1n) is 8.46. The Kier molecular flexibility index (Phi) is 6.88. The van der Waals surface area contributed by atoms with Crippen LogP contribution in [0, 0.1) is 0 Å². The monoisotopic (exact) mass is 380 g/mol. The third kappa shape index (κ3) is 7.47. The second kappa shape index (κ2) is 7.37. The van der Waals surface area contributed by atoms with E-state index in [1.54, 1.807) is 0 Å². The molecule has 0 aliphatic carbocycles. The number of aliphatic hydroxyl groups is 1. The molecule has 5 nitrogen and oxygen atoms in total. The summed E-state index contributed by atoms with van der Waals surface area (Å²) < 4.78 is 24.8. The molecule has 1 rings (SSSR count).